The molecular weight excluding hydrogens is 459 g/mol. The van der Waals surface area contributed by atoms with E-state index in [4.69, 9.17) is 0 Å². The normalized spacial score (nSPS) is 15.6. The van der Waals surface area contributed by atoms with Crippen molar-refractivity contribution in [2.45, 2.75) is 38.8 Å². The molecule has 144 valence electrons. The Morgan fingerprint density at radius 3 is 2.81 bits per heavy atom. The van der Waals surface area contributed by atoms with Crippen LogP contribution < -0.4 is 15.5 Å². The molecule has 3 rings (SSSR count). The molecule has 2 aromatic rings. The highest BCUT2D eigenvalue weighted by atomic mass is 127. The Hall–Kier alpha value is -1.29. The molecule has 3 heterocycles. The van der Waals surface area contributed by atoms with E-state index in [0.29, 0.717) is 6.04 Å². The van der Waals surface area contributed by atoms with E-state index in [-0.39, 0.29) is 24.0 Å². The molecule has 0 spiro atoms. The second-order valence-corrected chi connectivity index (χ2v) is 7.42. The molecule has 0 aliphatic carbocycles. The maximum Gasteiger partial charge on any atom is 0.191 e. The van der Waals surface area contributed by atoms with Gasteiger partial charge in [-0.15, -0.1) is 35.3 Å². The molecular formula is C18H29IN6S. The van der Waals surface area contributed by atoms with Crippen LogP contribution in [0.15, 0.2) is 34.9 Å². The number of nitrogens with one attached hydrogen (secondary N) is 2. The number of aryl methyl sites for hydroxylation is 2. The number of piperidine rings is 1. The summed E-state index contributed by atoms with van der Waals surface area (Å²) >= 11 is 1.82. The van der Waals surface area contributed by atoms with Gasteiger partial charge < -0.3 is 15.5 Å². The minimum atomic E-state index is 0. The number of thiophene rings is 1. The Morgan fingerprint density at radius 2 is 2.19 bits per heavy atom. The van der Waals surface area contributed by atoms with E-state index in [1.807, 2.05) is 29.3 Å². The number of aromatic nitrogens is 2. The Bertz CT molecular complexity index is 661. The van der Waals surface area contributed by atoms with Crippen molar-refractivity contribution >= 4 is 46.3 Å². The highest BCUT2D eigenvalue weighted by Crippen LogP contribution is 2.24. The van der Waals surface area contributed by atoms with Gasteiger partial charge in [0.25, 0.3) is 0 Å². The van der Waals surface area contributed by atoms with Crippen molar-refractivity contribution < 1.29 is 0 Å². The lowest BCUT2D eigenvalue weighted by molar-refractivity contribution is 0.461. The van der Waals surface area contributed by atoms with E-state index in [9.17, 15) is 0 Å². The Balaban J connectivity index is 0.00000243. The van der Waals surface area contributed by atoms with Crippen LogP contribution >= 0.6 is 35.3 Å². The third-order valence-electron chi connectivity index (χ3n) is 4.50. The van der Waals surface area contributed by atoms with Crippen molar-refractivity contribution in [3.05, 3.63) is 35.5 Å². The molecule has 1 aliphatic rings. The van der Waals surface area contributed by atoms with Gasteiger partial charge in [-0.1, -0.05) is 0 Å². The first kappa shape index (κ1) is 21.0. The van der Waals surface area contributed by atoms with Gasteiger partial charge in [0.15, 0.2) is 5.96 Å². The number of guanidine groups is 1. The average molecular weight is 488 g/mol. The van der Waals surface area contributed by atoms with Crippen molar-refractivity contribution in [3.63, 3.8) is 0 Å². The van der Waals surface area contributed by atoms with Crippen molar-refractivity contribution in [3.8, 4) is 0 Å². The maximum atomic E-state index is 4.36. The van der Waals surface area contributed by atoms with Gasteiger partial charge in [-0.2, -0.15) is 5.10 Å². The van der Waals surface area contributed by atoms with E-state index in [1.54, 1.807) is 0 Å². The van der Waals surface area contributed by atoms with Gasteiger partial charge in [-0.05, 0) is 49.3 Å². The van der Waals surface area contributed by atoms with Crippen molar-refractivity contribution in [2.24, 2.45) is 4.99 Å². The predicted molar refractivity (Wildman–Crippen MR) is 121 cm³/mol. The molecule has 0 saturated carbocycles. The summed E-state index contributed by atoms with van der Waals surface area (Å²) in [6.45, 7) is 6.10. The minimum Gasteiger partial charge on any atom is -0.363 e. The SMILES string of the molecule is CN=C(NCCCn1cc(C)cn1)NC1CCN(c2cccs2)CC1.I. The number of halogens is 1. The fourth-order valence-electron chi connectivity index (χ4n) is 3.12. The first-order chi connectivity index (χ1) is 12.2. The number of hydrogen-bond donors (Lipinski definition) is 2. The zero-order valence-corrected chi connectivity index (χ0v) is 18.7. The van der Waals surface area contributed by atoms with E-state index in [0.717, 1.165) is 51.4 Å². The van der Waals surface area contributed by atoms with Crippen LogP contribution in [-0.2, 0) is 6.54 Å². The summed E-state index contributed by atoms with van der Waals surface area (Å²) < 4.78 is 1.99. The van der Waals surface area contributed by atoms with E-state index in [1.165, 1.54) is 10.6 Å². The molecule has 1 saturated heterocycles. The topological polar surface area (TPSA) is 57.5 Å². The summed E-state index contributed by atoms with van der Waals surface area (Å²) in [5.74, 6) is 0.909. The number of nitrogens with zero attached hydrogens (tertiary/aromatic N) is 4. The largest absolute Gasteiger partial charge is 0.363 e. The summed E-state index contributed by atoms with van der Waals surface area (Å²) in [6.07, 6.45) is 7.29. The molecule has 0 aromatic carbocycles. The molecule has 2 N–H and O–H groups in total. The lowest BCUT2D eigenvalue weighted by Crippen LogP contribution is -2.48. The maximum absolute atomic E-state index is 4.36. The van der Waals surface area contributed by atoms with Crippen LogP contribution in [0.2, 0.25) is 0 Å². The smallest absolute Gasteiger partial charge is 0.191 e. The van der Waals surface area contributed by atoms with Gasteiger partial charge in [0.1, 0.15) is 0 Å². The molecule has 0 atom stereocenters. The molecule has 1 aliphatic heterocycles. The predicted octanol–water partition coefficient (Wildman–Crippen LogP) is 3.10. The van der Waals surface area contributed by atoms with Crippen molar-refractivity contribution in [1.82, 2.24) is 20.4 Å². The quantitative estimate of drug-likeness (QED) is 0.284. The summed E-state index contributed by atoms with van der Waals surface area (Å²) in [5, 5.41) is 14.8. The first-order valence-corrected chi connectivity index (χ1v) is 9.87. The second kappa shape index (κ2) is 10.8. The van der Waals surface area contributed by atoms with Crippen molar-refractivity contribution in [1.29, 1.82) is 0 Å². The third kappa shape index (κ3) is 6.15. The fraction of sp³-hybridized carbons (Fsp3) is 0.556. The molecule has 6 nitrogen and oxygen atoms in total. The standard InChI is InChI=1S/C18H28N6S.HI/c1-15-13-21-24(14-15)9-4-8-20-18(19-2)22-16-6-10-23(11-7-16)17-5-3-12-25-17;/h3,5,12-14,16H,4,6-11H2,1-2H3,(H2,19,20,22);1H. The monoisotopic (exact) mass is 488 g/mol. The van der Waals surface area contributed by atoms with Gasteiger partial charge in [-0.25, -0.2) is 0 Å². The van der Waals surface area contributed by atoms with Crippen LogP contribution in [0.3, 0.4) is 0 Å². The average Bonchev–Trinajstić information content (AvgIpc) is 3.30. The first-order valence-electron chi connectivity index (χ1n) is 8.99. The Labute approximate surface area is 177 Å². The van der Waals surface area contributed by atoms with E-state index >= 15 is 0 Å². The van der Waals surface area contributed by atoms with Gasteiger partial charge in [0, 0.05) is 45.5 Å². The molecule has 8 heteroatoms. The molecule has 26 heavy (non-hydrogen) atoms. The van der Waals surface area contributed by atoms with Gasteiger partial charge >= 0.3 is 0 Å². The van der Waals surface area contributed by atoms with Gasteiger partial charge in [-0.3, -0.25) is 9.67 Å². The summed E-state index contributed by atoms with van der Waals surface area (Å²) in [5.41, 5.74) is 1.21. The van der Waals surface area contributed by atoms with E-state index in [2.05, 4.69) is 56.3 Å². The van der Waals surface area contributed by atoms with Crippen LogP contribution in [0.4, 0.5) is 5.00 Å². The second-order valence-electron chi connectivity index (χ2n) is 6.49. The minimum absolute atomic E-state index is 0. The Morgan fingerprint density at radius 1 is 1.38 bits per heavy atom. The summed E-state index contributed by atoms with van der Waals surface area (Å²) in [6, 6.07) is 4.83. The third-order valence-corrected chi connectivity index (χ3v) is 5.43. The highest BCUT2D eigenvalue weighted by molar-refractivity contribution is 14.0. The Kier molecular flexibility index (Phi) is 8.70. The summed E-state index contributed by atoms with van der Waals surface area (Å²) in [4.78, 5) is 6.84. The van der Waals surface area contributed by atoms with Gasteiger partial charge in [0.2, 0.25) is 0 Å². The number of aliphatic imine (C=N–C) groups is 1. The van der Waals surface area contributed by atoms with Crippen LogP contribution in [0.25, 0.3) is 0 Å². The highest BCUT2D eigenvalue weighted by Gasteiger charge is 2.20. The van der Waals surface area contributed by atoms with Crippen LogP contribution in [0.1, 0.15) is 24.8 Å². The zero-order valence-electron chi connectivity index (χ0n) is 15.5. The molecule has 0 unspecified atom stereocenters. The molecule has 1 fully saturated rings. The molecule has 2 aromatic heterocycles. The van der Waals surface area contributed by atoms with E-state index < -0.39 is 0 Å². The fourth-order valence-corrected chi connectivity index (χ4v) is 3.90. The van der Waals surface area contributed by atoms with Gasteiger partial charge in [0.05, 0.1) is 11.2 Å². The number of anilines is 1. The van der Waals surface area contributed by atoms with Crippen molar-refractivity contribution in [2.75, 3.05) is 31.6 Å². The molecule has 0 bridgehead atoms. The summed E-state index contributed by atoms with van der Waals surface area (Å²) in [7, 11) is 1.84. The van der Waals surface area contributed by atoms with Crippen LogP contribution in [0, 0.1) is 6.92 Å². The number of hydrogen-bond acceptors (Lipinski definition) is 4. The van der Waals surface area contributed by atoms with Crippen LogP contribution in [-0.4, -0.2) is 48.5 Å². The lowest BCUT2D eigenvalue weighted by Gasteiger charge is -2.33. The molecule has 0 radical (unpaired) electrons. The lowest BCUT2D eigenvalue weighted by atomic mass is 10.1. The zero-order chi connectivity index (χ0) is 17.5. The number of rotatable bonds is 6. The molecule has 0 amide bonds. The van der Waals surface area contributed by atoms with Crippen LogP contribution in [0.5, 0.6) is 0 Å².